The second-order valence-corrected chi connectivity index (χ2v) is 4.79. The maximum atomic E-state index is 13.7. The van der Waals surface area contributed by atoms with E-state index >= 15 is 0 Å². The molecule has 0 heterocycles. The molecule has 1 aromatic carbocycles. The Morgan fingerprint density at radius 1 is 1.50 bits per heavy atom. The molecule has 1 aromatic rings. The largest absolute Gasteiger partial charge is 0.469 e. The molecule has 0 amide bonds. The van der Waals surface area contributed by atoms with Crippen LogP contribution in [0.2, 0.25) is 5.02 Å². The second-order valence-electron chi connectivity index (χ2n) is 4.36. The van der Waals surface area contributed by atoms with Gasteiger partial charge in [0.05, 0.1) is 12.5 Å². The van der Waals surface area contributed by atoms with Gasteiger partial charge in [0.1, 0.15) is 5.82 Å². The molecule has 0 fully saturated rings. The summed E-state index contributed by atoms with van der Waals surface area (Å²) in [5.74, 6) is -1.01. The zero-order chi connectivity index (χ0) is 13.2. The molecule has 1 rings (SSSR count). The first-order valence-corrected chi connectivity index (χ1v) is 5.47. The van der Waals surface area contributed by atoms with Crippen LogP contribution in [0.15, 0.2) is 18.2 Å². The van der Waals surface area contributed by atoms with Crippen LogP contribution >= 0.6 is 24.0 Å². The van der Waals surface area contributed by atoms with Gasteiger partial charge in [0.15, 0.2) is 0 Å². The molecular weight excluding hydrogens is 280 g/mol. The van der Waals surface area contributed by atoms with Gasteiger partial charge >= 0.3 is 5.97 Å². The summed E-state index contributed by atoms with van der Waals surface area (Å²) >= 11 is 5.65. The number of esters is 1. The Labute approximate surface area is 117 Å². The van der Waals surface area contributed by atoms with Crippen molar-refractivity contribution >= 4 is 30.0 Å². The number of methoxy groups -OCH3 is 1. The third-order valence-corrected chi connectivity index (χ3v) is 3.02. The molecule has 6 heteroatoms. The molecule has 0 saturated heterocycles. The van der Waals surface area contributed by atoms with E-state index < -0.39 is 23.2 Å². The molecule has 0 aromatic heterocycles. The Hall–Kier alpha value is -0.840. The molecule has 0 aliphatic carbocycles. The van der Waals surface area contributed by atoms with Crippen LogP contribution in [0.5, 0.6) is 0 Å². The van der Waals surface area contributed by atoms with Crippen LogP contribution < -0.4 is 5.73 Å². The van der Waals surface area contributed by atoms with E-state index in [0.29, 0.717) is 0 Å². The lowest BCUT2D eigenvalue weighted by molar-refractivity contribution is -0.152. The van der Waals surface area contributed by atoms with Crippen molar-refractivity contribution in [3.05, 3.63) is 34.6 Å². The maximum absolute atomic E-state index is 13.7. The molecule has 18 heavy (non-hydrogen) atoms. The quantitative estimate of drug-likeness (QED) is 0.872. The monoisotopic (exact) mass is 295 g/mol. The zero-order valence-corrected chi connectivity index (χ0v) is 11.9. The standard InChI is InChI=1S/C12H15ClFNO2.ClH/c1-12(2,11(16)17-3)10(15)8-5-4-7(13)6-9(8)14;/h4-6,10H,15H2,1-3H3;1H/t10-;/m1./s1. The average Bonchev–Trinajstić information content (AvgIpc) is 2.27. The van der Waals surface area contributed by atoms with Crippen molar-refractivity contribution in [1.29, 1.82) is 0 Å². The lowest BCUT2D eigenvalue weighted by Crippen LogP contribution is -2.37. The number of hydrogen-bond donors (Lipinski definition) is 1. The van der Waals surface area contributed by atoms with Crippen molar-refractivity contribution in [2.45, 2.75) is 19.9 Å². The first-order chi connectivity index (χ1) is 7.80. The van der Waals surface area contributed by atoms with Gasteiger partial charge in [-0.15, -0.1) is 12.4 Å². The SMILES string of the molecule is COC(=O)C(C)(C)[C@H](N)c1ccc(Cl)cc1F.Cl. The van der Waals surface area contributed by atoms with Gasteiger partial charge in [0.2, 0.25) is 0 Å². The summed E-state index contributed by atoms with van der Waals surface area (Å²) in [6, 6.07) is 3.39. The smallest absolute Gasteiger partial charge is 0.313 e. The van der Waals surface area contributed by atoms with Gasteiger partial charge in [0, 0.05) is 16.6 Å². The molecule has 0 aliphatic rings. The summed E-state index contributed by atoms with van der Waals surface area (Å²) in [5.41, 5.74) is 5.15. The fourth-order valence-electron chi connectivity index (χ4n) is 1.53. The first kappa shape index (κ1) is 17.2. The third kappa shape index (κ3) is 3.34. The van der Waals surface area contributed by atoms with Gasteiger partial charge in [-0.2, -0.15) is 0 Å². The summed E-state index contributed by atoms with van der Waals surface area (Å²) in [4.78, 5) is 11.6. The van der Waals surface area contributed by atoms with Gasteiger partial charge in [0.25, 0.3) is 0 Å². The van der Waals surface area contributed by atoms with Crippen LogP contribution in [0.1, 0.15) is 25.5 Å². The number of benzene rings is 1. The molecule has 0 radical (unpaired) electrons. The highest BCUT2D eigenvalue weighted by Crippen LogP contribution is 2.34. The van der Waals surface area contributed by atoms with Crippen molar-refractivity contribution < 1.29 is 13.9 Å². The molecule has 1 atom stereocenters. The minimum absolute atomic E-state index is 0. The van der Waals surface area contributed by atoms with E-state index in [9.17, 15) is 9.18 Å². The van der Waals surface area contributed by atoms with Crippen LogP contribution in [0.25, 0.3) is 0 Å². The van der Waals surface area contributed by atoms with Crippen molar-refractivity contribution in [2.75, 3.05) is 7.11 Å². The van der Waals surface area contributed by atoms with E-state index in [1.165, 1.54) is 25.3 Å². The summed E-state index contributed by atoms with van der Waals surface area (Å²) in [6.45, 7) is 3.22. The minimum Gasteiger partial charge on any atom is -0.469 e. The molecule has 0 unspecified atom stereocenters. The molecule has 0 aliphatic heterocycles. The Morgan fingerprint density at radius 2 is 2.06 bits per heavy atom. The van der Waals surface area contributed by atoms with E-state index in [1.807, 2.05) is 0 Å². The number of rotatable bonds is 3. The van der Waals surface area contributed by atoms with Gasteiger partial charge in [-0.05, 0) is 26.0 Å². The first-order valence-electron chi connectivity index (χ1n) is 5.09. The summed E-state index contributed by atoms with van der Waals surface area (Å²) in [7, 11) is 1.27. The minimum atomic E-state index is -1.01. The van der Waals surface area contributed by atoms with Crippen LogP contribution in [-0.4, -0.2) is 13.1 Å². The molecule has 2 N–H and O–H groups in total. The Balaban J connectivity index is 0.00000289. The van der Waals surface area contributed by atoms with E-state index in [-0.39, 0.29) is 23.0 Å². The predicted octanol–water partition coefficient (Wildman–Crippen LogP) is 3.10. The van der Waals surface area contributed by atoms with Crippen LogP contribution in [0.3, 0.4) is 0 Å². The van der Waals surface area contributed by atoms with Crippen molar-refractivity contribution in [2.24, 2.45) is 11.1 Å². The van der Waals surface area contributed by atoms with Gasteiger partial charge in [-0.3, -0.25) is 4.79 Å². The Kier molecular flexibility index (Phi) is 6.07. The normalized spacial score (nSPS) is 12.6. The molecule has 0 saturated carbocycles. The van der Waals surface area contributed by atoms with E-state index in [1.54, 1.807) is 13.8 Å². The highest BCUT2D eigenvalue weighted by atomic mass is 35.5. The van der Waals surface area contributed by atoms with Gasteiger partial charge < -0.3 is 10.5 Å². The van der Waals surface area contributed by atoms with Crippen LogP contribution in [-0.2, 0) is 9.53 Å². The predicted molar refractivity (Wildman–Crippen MR) is 71.4 cm³/mol. The topological polar surface area (TPSA) is 52.3 Å². The molecule has 0 bridgehead atoms. The molecular formula is C12H16Cl2FNO2. The third-order valence-electron chi connectivity index (χ3n) is 2.79. The Morgan fingerprint density at radius 3 is 2.50 bits per heavy atom. The maximum Gasteiger partial charge on any atom is 0.313 e. The highest BCUT2D eigenvalue weighted by Gasteiger charge is 2.37. The lowest BCUT2D eigenvalue weighted by atomic mass is 9.81. The van der Waals surface area contributed by atoms with E-state index in [0.717, 1.165) is 0 Å². The summed E-state index contributed by atoms with van der Waals surface area (Å²) in [6.07, 6.45) is 0. The molecule has 102 valence electrons. The van der Waals surface area contributed by atoms with Crippen molar-refractivity contribution in [3.63, 3.8) is 0 Å². The number of carbonyl (C=O) groups excluding carboxylic acids is 1. The lowest BCUT2D eigenvalue weighted by Gasteiger charge is -2.29. The fourth-order valence-corrected chi connectivity index (χ4v) is 1.69. The molecule has 3 nitrogen and oxygen atoms in total. The number of halogens is 3. The summed E-state index contributed by atoms with van der Waals surface area (Å²) < 4.78 is 18.3. The second kappa shape index (κ2) is 6.36. The number of carbonyl (C=O) groups is 1. The number of hydrogen-bond acceptors (Lipinski definition) is 3. The van der Waals surface area contributed by atoms with E-state index in [4.69, 9.17) is 17.3 Å². The highest BCUT2D eigenvalue weighted by molar-refractivity contribution is 6.30. The summed E-state index contributed by atoms with van der Waals surface area (Å²) in [5, 5.41) is 0.286. The van der Waals surface area contributed by atoms with Gasteiger partial charge in [-0.25, -0.2) is 4.39 Å². The van der Waals surface area contributed by atoms with Gasteiger partial charge in [-0.1, -0.05) is 17.7 Å². The van der Waals surface area contributed by atoms with E-state index in [2.05, 4.69) is 4.74 Å². The fraction of sp³-hybridized carbons (Fsp3) is 0.417. The van der Waals surface area contributed by atoms with Crippen molar-refractivity contribution in [1.82, 2.24) is 0 Å². The van der Waals surface area contributed by atoms with Crippen LogP contribution in [0.4, 0.5) is 4.39 Å². The molecule has 0 spiro atoms. The Bertz CT molecular complexity index is 438. The zero-order valence-electron chi connectivity index (χ0n) is 10.4. The number of ether oxygens (including phenoxy) is 1. The van der Waals surface area contributed by atoms with Crippen molar-refractivity contribution in [3.8, 4) is 0 Å². The average molecular weight is 296 g/mol. The van der Waals surface area contributed by atoms with Crippen LogP contribution in [0, 0.1) is 11.2 Å². The number of nitrogens with two attached hydrogens (primary N) is 1.